The van der Waals surface area contributed by atoms with Gasteiger partial charge in [-0.05, 0) is 37.5 Å². The number of aromatic nitrogens is 2. The van der Waals surface area contributed by atoms with Crippen LogP contribution in [-0.4, -0.2) is 41.3 Å². The van der Waals surface area contributed by atoms with Gasteiger partial charge in [0.25, 0.3) is 0 Å². The molecule has 0 unspecified atom stereocenters. The summed E-state index contributed by atoms with van der Waals surface area (Å²) in [5.74, 6) is 0.681. The van der Waals surface area contributed by atoms with Gasteiger partial charge in [0.15, 0.2) is 17.5 Å². The maximum absolute atomic E-state index is 14.0. The Morgan fingerprint density at radius 2 is 2.00 bits per heavy atom. The van der Waals surface area contributed by atoms with E-state index in [-0.39, 0.29) is 35.5 Å². The van der Waals surface area contributed by atoms with E-state index >= 15 is 0 Å². The summed E-state index contributed by atoms with van der Waals surface area (Å²) in [6.07, 6.45) is 1.81. The molecule has 1 heterocycles. The van der Waals surface area contributed by atoms with Crippen molar-refractivity contribution in [1.82, 2.24) is 20.0 Å². The Morgan fingerprint density at radius 3 is 2.55 bits per heavy atom. The quantitative estimate of drug-likeness (QED) is 0.328. The molecule has 2 rings (SSSR count). The molecule has 0 saturated heterocycles. The van der Waals surface area contributed by atoms with Crippen LogP contribution in [0.25, 0.3) is 0 Å². The van der Waals surface area contributed by atoms with E-state index in [1.54, 1.807) is 6.07 Å². The zero-order valence-corrected chi connectivity index (χ0v) is 20.6. The number of ether oxygens (including phenoxy) is 1. The van der Waals surface area contributed by atoms with Crippen LogP contribution in [0.15, 0.2) is 23.2 Å². The highest BCUT2D eigenvalue weighted by molar-refractivity contribution is 14.0. The van der Waals surface area contributed by atoms with Gasteiger partial charge in [-0.15, -0.1) is 24.0 Å². The highest BCUT2D eigenvalue weighted by atomic mass is 127. The van der Waals surface area contributed by atoms with Crippen molar-refractivity contribution in [3.8, 4) is 5.75 Å². The third kappa shape index (κ3) is 6.32. The molecule has 1 N–H and O–H groups in total. The minimum absolute atomic E-state index is 0. The summed E-state index contributed by atoms with van der Waals surface area (Å²) in [6, 6.07) is 5.02. The van der Waals surface area contributed by atoms with Gasteiger partial charge in [-0.25, -0.2) is 9.38 Å². The van der Waals surface area contributed by atoms with Gasteiger partial charge in [0.1, 0.15) is 0 Å². The predicted molar refractivity (Wildman–Crippen MR) is 127 cm³/mol. The molecule has 2 aromatic rings. The lowest BCUT2D eigenvalue weighted by atomic mass is 10.1. The number of nitrogens with one attached hydrogen (secondary N) is 1. The van der Waals surface area contributed by atoms with Gasteiger partial charge < -0.3 is 15.0 Å². The van der Waals surface area contributed by atoms with E-state index in [0.717, 1.165) is 36.6 Å². The number of benzene rings is 1. The van der Waals surface area contributed by atoms with Gasteiger partial charge in [0, 0.05) is 38.4 Å². The summed E-state index contributed by atoms with van der Waals surface area (Å²) in [6.45, 7) is 8.17. The lowest BCUT2D eigenvalue weighted by Crippen LogP contribution is -2.38. The number of methoxy groups -OCH3 is 1. The third-order valence-corrected chi connectivity index (χ3v) is 4.75. The van der Waals surface area contributed by atoms with E-state index in [1.807, 2.05) is 36.7 Å². The van der Waals surface area contributed by atoms with Crippen LogP contribution in [0.1, 0.15) is 43.3 Å². The van der Waals surface area contributed by atoms with Gasteiger partial charge in [-0.1, -0.05) is 19.9 Å². The predicted octanol–water partition coefficient (Wildman–Crippen LogP) is 3.91. The number of rotatable bonds is 8. The van der Waals surface area contributed by atoms with Crippen LogP contribution >= 0.6 is 24.0 Å². The number of guanidine groups is 1. The van der Waals surface area contributed by atoms with Gasteiger partial charge in [0.05, 0.1) is 19.3 Å². The van der Waals surface area contributed by atoms with Crippen LogP contribution in [0.5, 0.6) is 5.75 Å². The topological polar surface area (TPSA) is 54.7 Å². The first-order valence-electron chi connectivity index (χ1n) is 9.80. The summed E-state index contributed by atoms with van der Waals surface area (Å²) >= 11 is 0. The fourth-order valence-electron chi connectivity index (χ4n) is 3.35. The van der Waals surface area contributed by atoms with Crippen LogP contribution < -0.4 is 10.1 Å². The van der Waals surface area contributed by atoms with E-state index in [1.165, 1.54) is 24.4 Å². The average Bonchev–Trinajstić information content (AvgIpc) is 2.99. The van der Waals surface area contributed by atoms with Crippen LogP contribution in [0.3, 0.4) is 0 Å². The molecule has 0 radical (unpaired) electrons. The summed E-state index contributed by atoms with van der Waals surface area (Å²) in [5, 5.41) is 7.94. The van der Waals surface area contributed by atoms with Gasteiger partial charge in [0.2, 0.25) is 0 Å². The minimum atomic E-state index is -0.356. The number of hydrogen-bond donors (Lipinski definition) is 1. The maximum atomic E-state index is 14.0. The molecule has 1 aromatic heterocycles. The molecular weight excluding hydrogens is 484 g/mol. The molecule has 29 heavy (non-hydrogen) atoms. The molecule has 0 aliphatic rings. The fourth-order valence-corrected chi connectivity index (χ4v) is 3.35. The minimum Gasteiger partial charge on any atom is -0.494 e. The van der Waals surface area contributed by atoms with Crippen molar-refractivity contribution in [3.05, 3.63) is 46.5 Å². The zero-order chi connectivity index (χ0) is 20.7. The number of hydrogen-bond acceptors (Lipinski definition) is 3. The Hall–Kier alpha value is -1.84. The first-order chi connectivity index (χ1) is 13.4. The molecular formula is C21H33FIN5O. The fraction of sp³-hybridized carbons (Fsp3) is 0.524. The Kier molecular flexibility index (Phi) is 10.4. The Labute approximate surface area is 190 Å². The van der Waals surface area contributed by atoms with Gasteiger partial charge >= 0.3 is 0 Å². The van der Waals surface area contributed by atoms with Crippen molar-refractivity contribution < 1.29 is 9.13 Å². The SMILES string of the molecule is CCNC(=NCc1c(CC)nn(C)c1CC)N(C)Cc1ccc(OC)c(F)c1.I. The third-order valence-electron chi connectivity index (χ3n) is 4.75. The van der Waals surface area contributed by atoms with E-state index in [9.17, 15) is 4.39 Å². The van der Waals surface area contributed by atoms with Crippen LogP contribution in [0, 0.1) is 5.82 Å². The number of nitrogens with zero attached hydrogens (tertiary/aromatic N) is 4. The van der Waals surface area contributed by atoms with Crippen molar-refractivity contribution in [2.45, 2.75) is 46.7 Å². The van der Waals surface area contributed by atoms with Crippen molar-refractivity contribution >= 4 is 29.9 Å². The molecule has 8 heteroatoms. The lowest BCUT2D eigenvalue weighted by molar-refractivity contribution is 0.385. The van der Waals surface area contributed by atoms with Crippen LogP contribution in [0.4, 0.5) is 4.39 Å². The normalized spacial score (nSPS) is 11.2. The number of aryl methyl sites for hydroxylation is 2. The van der Waals surface area contributed by atoms with Gasteiger partial charge in [-0.3, -0.25) is 4.68 Å². The van der Waals surface area contributed by atoms with Crippen LogP contribution in [0.2, 0.25) is 0 Å². The number of aliphatic imine (C=N–C) groups is 1. The Balaban J connectivity index is 0.00000420. The molecule has 0 amide bonds. The largest absolute Gasteiger partial charge is 0.494 e. The molecule has 0 spiro atoms. The zero-order valence-electron chi connectivity index (χ0n) is 18.3. The first kappa shape index (κ1) is 25.2. The first-order valence-corrected chi connectivity index (χ1v) is 9.80. The Bertz CT molecular complexity index is 822. The molecule has 0 aliphatic heterocycles. The van der Waals surface area contributed by atoms with Crippen molar-refractivity contribution in [2.75, 3.05) is 20.7 Å². The maximum Gasteiger partial charge on any atom is 0.194 e. The smallest absolute Gasteiger partial charge is 0.194 e. The molecule has 0 atom stereocenters. The lowest BCUT2D eigenvalue weighted by Gasteiger charge is -2.22. The molecule has 0 aliphatic carbocycles. The highest BCUT2D eigenvalue weighted by Crippen LogP contribution is 2.19. The molecule has 0 bridgehead atoms. The monoisotopic (exact) mass is 517 g/mol. The second-order valence-electron chi connectivity index (χ2n) is 6.70. The second kappa shape index (κ2) is 12.0. The standard InChI is InChI=1S/C21H32FN5O.HI/c1-7-18-16(19(8-2)27(5)25-18)13-24-21(23-9-3)26(4)14-15-10-11-20(28-6)17(22)12-15;/h10-12H,7-9,13-14H2,1-6H3,(H,23,24);1H. The number of halogens is 2. The average molecular weight is 517 g/mol. The molecule has 1 aromatic carbocycles. The van der Waals surface area contributed by atoms with E-state index in [2.05, 4.69) is 24.3 Å². The summed E-state index contributed by atoms with van der Waals surface area (Å²) in [5.41, 5.74) is 4.37. The van der Waals surface area contributed by atoms with E-state index in [0.29, 0.717) is 13.1 Å². The summed E-state index contributed by atoms with van der Waals surface area (Å²) in [4.78, 5) is 6.82. The Morgan fingerprint density at radius 1 is 1.28 bits per heavy atom. The summed E-state index contributed by atoms with van der Waals surface area (Å²) in [7, 11) is 5.41. The summed E-state index contributed by atoms with van der Waals surface area (Å²) < 4.78 is 20.9. The van der Waals surface area contributed by atoms with E-state index in [4.69, 9.17) is 9.73 Å². The van der Waals surface area contributed by atoms with Crippen molar-refractivity contribution in [3.63, 3.8) is 0 Å². The van der Waals surface area contributed by atoms with E-state index < -0.39 is 0 Å². The van der Waals surface area contributed by atoms with Crippen LogP contribution in [-0.2, 0) is 33.0 Å². The van der Waals surface area contributed by atoms with Crippen molar-refractivity contribution in [1.29, 1.82) is 0 Å². The van der Waals surface area contributed by atoms with Gasteiger partial charge in [-0.2, -0.15) is 5.10 Å². The second-order valence-corrected chi connectivity index (χ2v) is 6.70. The van der Waals surface area contributed by atoms with Crippen molar-refractivity contribution in [2.24, 2.45) is 12.0 Å². The molecule has 6 nitrogen and oxygen atoms in total. The molecule has 162 valence electrons. The molecule has 0 saturated carbocycles. The highest BCUT2D eigenvalue weighted by Gasteiger charge is 2.14. The molecule has 0 fully saturated rings.